The van der Waals surface area contributed by atoms with E-state index in [2.05, 4.69) is 24.5 Å². The molecule has 0 aliphatic rings. The molecule has 2 rings (SSSR count). The molecule has 0 N–H and O–H groups in total. The van der Waals surface area contributed by atoms with Gasteiger partial charge in [0.25, 0.3) is 0 Å². The van der Waals surface area contributed by atoms with Crippen LogP contribution in [0, 0.1) is 5.92 Å². The topological polar surface area (TPSA) is 27.1 Å². The van der Waals surface area contributed by atoms with Crippen LogP contribution >= 0.6 is 11.6 Å². The Bertz CT molecular complexity index is 575. The summed E-state index contributed by atoms with van der Waals surface area (Å²) in [6.07, 6.45) is 1.11. The zero-order valence-electron chi connectivity index (χ0n) is 12.7. The van der Waals surface area contributed by atoms with Gasteiger partial charge in [-0.1, -0.05) is 19.9 Å². The number of nitrogens with zero attached hydrogens (tertiary/aromatic N) is 2. The first kappa shape index (κ1) is 15.2. The van der Waals surface area contributed by atoms with Crippen molar-refractivity contribution in [2.45, 2.75) is 46.0 Å². The van der Waals surface area contributed by atoms with Crippen LogP contribution in [0.3, 0.4) is 0 Å². The van der Waals surface area contributed by atoms with Crippen molar-refractivity contribution in [2.24, 2.45) is 5.92 Å². The van der Waals surface area contributed by atoms with Crippen molar-refractivity contribution < 1.29 is 4.74 Å². The fourth-order valence-electron chi connectivity index (χ4n) is 2.34. The molecule has 0 fully saturated rings. The second-order valence-corrected chi connectivity index (χ2v) is 6.13. The van der Waals surface area contributed by atoms with E-state index in [9.17, 15) is 0 Å². The molecule has 1 unspecified atom stereocenters. The van der Waals surface area contributed by atoms with Crippen LogP contribution in [0.15, 0.2) is 18.2 Å². The Hall–Kier alpha value is -1.22. The van der Waals surface area contributed by atoms with Gasteiger partial charge in [0.1, 0.15) is 17.1 Å². The smallest absolute Gasteiger partial charge is 0.147 e. The van der Waals surface area contributed by atoms with Crippen LogP contribution in [0.1, 0.15) is 45.3 Å². The third-order valence-corrected chi connectivity index (χ3v) is 3.55. The molecule has 110 valence electrons. The van der Waals surface area contributed by atoms with Gasteiger partial charge in [0, 0.05) is 6.54 Å². The fourth-order valence-corrected chi connectivity index (χ4v) is 2.50. The summed E-state index contributed by atoms with van der Waals surface area (Å²) in [5, 5.41) is -0.107. The van der Waals surface area contributed by atoms with E-state index in [-0.39, 0.29) is 5.38 Å². The van der Waals surface area contributed by atoms with Crippen LogP contribution < -0.4 is 4.74 Å². The highest BCUT2D eigenvalue weighted by Crippen LogP contribution is 2.30. The molecule has 1 atom stereocenters. The number of rotatable bonds is 6. The summed E-state index contributed by atoms with van der Waals surface area (Å²) in [7, 11) is 0. The summed E-state index contributed by atoms with van der Waals surface area (Å²) < 4.78 is 7.91. The number of hydrogen-bond acceptors (Lipinski definition) is 2. The van der Waals surface area contributed by atoms with Crippen molar-refractivity contribution in [3.63, 3.8) is 0 Å². The molecule has 1 aromatic heterocycles. The lowest BCUT2D eigenvalue weighted by Gasteiger charge is -2.12. The molecule has 0 saturated heterocycles. The number of para-hydroxylation sites is 1. The van der Waals surface area contributed by atoms with Crippen LogP contribution in [-0.4, -0.2) is 16.2 Å². The Labute approximate surface area is 125 Å². The molecule has 0 saturated carbocycles. The number of hydrogen-bond donors (Lipinski definition) is 0. The lowest BCUT2D eigenvalue weighted by Crippen LogP contribution is -2.06. The number of aryl methyl sites for hydroxylation is 1. The summed E-state index contributed by atoms with van der Waals surface area (Å²) in [4.78, 5) is 4.71. The minimum atomic E-state index is -0.107. The molecule has 2 aromatic rings. The van der Waals surface area contributed by atoms with Crippen LogP contribution in [-0.2, 0) is 6.54 Å². The van der Waals surface area contributed by atoms with Crippen LogP contribution in [0.25, 0.3) is 11.0 Å². The fraction of sp³-hybridized carbons (Fsp3) is 0.562. The van der Waals surface area contributed by atoms with E-state index in [1.54, 1.807) is 0 Å². The normalized spacial score (nSPS) is 13.1. The molecular formula is C16H23ClN2O. The lowest BCUT2D eigenvalue weighted by atomic mass is 10.1. The summed E-state index contributed by atoms with van der Waals surface area (Å²) in [5.74, 6) is 2.42. The average Bonchev–Trinajstić information content (AvgIpc) is 2.76. The second kappa shape index (κ2) is 6.49. The largest absolute Gasteiger partial charge is 0.492 e. The Morgan fingerprint density at radius 3 is 2.65 bits per heavy atom. The molecule has 3 nitrogen and oxygen atoms in total. The molecule has 0 spiro atoms. The highest BCUT2D eigenvalue weighted by Gasteiger charge is 2.17. The van der Waals surface area contributed by atoms with Gasteiger partial charge in [0.05, 0.1) is 17.5 Å². The predicted molar refractivity (Wildman–Crippen MR) is 84.6 cm³/mol. The maximum absolute atomic E-state index is 6.30. The molecule has 0 bridgehead atoms. The van der Waals surface area contributed by atoms with E-state index < -0.39 is 0 Å². The molecule has 1 heterocycles. The minimum Gasteiger partial charge on any atom is -0.492 e. The van der Waals surface area contributed by atoms with Gasteiger partial charge in [-0.2, -0.15) is 0 Å². The molecule has 0 aliphatic heterocycles. The van der Waals surface area contributed by atoms with Gasteiger partial charge in [-0.15, -0.1) is 11.6 Å². The van der Waals surface area contributed by atoms with Crippen molar-refractivity contribution in [3.05, 3.63) is 24.0 Å². The Morgan fingerprint density at radius 1 is 1.30 bits per heavy atom. The highest BCUT2D eigenvalue weighted by atomic mass is 35.5. The van der Waals surface area contributed by atoms with E-state index in [4.69, 9.17) is 21.3 Å². The van der Waals surface area contributed by atoms with Crippen LogP contribution in [0.4, 0.5) is 0 Å². The van der Waals surface area contributed by atoms with Gasteiger partial charge in [0.2, 0.25) is 0 Å². The Kier molecular flexibility index (Phi) is 4.92. The molecule has 20 heavy (non-hydrogen) atoms. The van der Waals surface area contributed by atoms with Gasteiger partial charge in [-0.05, 0) is 38.3 Å². The molecule has 0 aliphatic carbocycles. The quantitative estimate of drug-likeness (QED) is 0.717. The SMILES string of the molecule is CCOc1cccc2c1nc(C(C)Cl)n2CCC(C)C. The maximum Gasteiger partial charge on any atom is 0.147 e. The standard InChI is InChI=1S/C16H23ClN2O/c1-5-20-14-8-6-7-13-15(14)18-16(12(4)17)19(13)10-9-11(2)3/h6-8,11-12H,5,9-10H2,1-4H3. The van der Waals surface area contributed by atoms with Gasteiger partial charge in [-0.3, -0.25) is 0 Å². The number of halogens is 1. The van der Waals surface area contributed by atoms with E-state index in [1.165, 1.54) is 0 Å². The number of fused-ring (bicyclic) bond motifs is 1. The third-order valence-electron chi connectivity index (χ3n) is 3.36. The molecule has 4 heteroatoms. The van der Waals surface area contributed by atoms with Gasteiger partial charge in [-0.25, -0.2) is 4.98 Å². The monoisotopic (exact) mass is 294 g/mol. The Balaban J connectivity index is 2.51. The highest BCUT2D eigenvalue weighted by molar-refractivity contribution is 6.20. The zero-order valence-corrected chi connectivity index (χ0v) is 13.4. The first-order valence-corrected chi connectivity index (χ1v) is 7.74. The number of alkyl halides is 1. The maximum atomic E-state index is 6.30. The second-order valence-electron chi connectivity index (χ2n) is 5.48. The van der Waals surface area contributed by atoms with E-state index in [1.807, 2.05) is 26.0 Å². The number of aromatic nitrogens is 2. The average molecular weight is 295 g/mol. The van der Waals surface area contributed by atoms with Gasteiger partial charge >= 0.3 is 0 Å². The summed E-state index contributed by atoms with van der Waals surface area (Å²) in [5.41, 5.74) is 2.03. The number of benzene rings is 1. The molecular weight excluding hydrogens is 272 g/mol. The molecule has 0 amide bonds. The molecule has 0 radical (unpaired) electrons. The first-order chi connectivity index (χ1) is 9.54. The van der Waals surface area contributed by atoms with E-state index >= 15 is 0 Å². The molecule has 1 aromatic carbocycles. The summed E-state index contributed by atoms with van der Waals surface area (Å²) >= 11 is 6.30. The van der Waals surface area contributed by atoms with Crippen LogP contribution in [0.2, 0.25) is 0 Å². The van der Waals surface area contributed by atoms with Crippen molar-refractivity contribution in [2.75, 3.05) is 6.61 Å². The van der Waals surface area contributed by atoms with Crippen molar-refractivity contribution in [3.8, 4) is 5.75 Å². The summed E-state index contributed by atoms with van der Waals surface area (Å²) in [6.45, 7) is 10.00. The minimum absolute atomic E-state index is 0.107. The van der Waals surface area contributed by atoms with Crippen LogP contribution in [0.5, 0.6) is 5.75 Å². The van der Waals surface area contributed by atoms with Gasteiger partial charge < -0.3 is 9.30 Å². The zero-order chi connectivity index (χ0) is 14.7. The lowest BCUT2D eigenvalue weighted by molar-refractivity contribution is 0.343. The predicted octanol–water partition coefficient (Wildman–Crippen LogP) is 4.78. The van der Waals surface area contributed by atoms with E-state index in [0.717, 1.165) is 35.6 Å². The summed E-state index contributed by atoms with van der Waals surface area (Å²) in [6, 6.07) is 6.08. The first-order valence-electron chi connectivity index (χ1n) is 7.30. The van der Waals surface area contributed by atoms with Crippen molar-refractivity contribution in [1.29, 1.82) is 0 Å². The number of imidazole rings is 1. The van der Waals surface area contributed by atoms with Crippen molar-refractivity contribution >= 4 is 22.6 Å². The van der Waals surface area contributed by atoms with E-state index in [0.29, 0.717) is 12.5 Å². The Morgan fingerprint density at radius 2 is 2.05 bits per heavy atom. The van der Waals surface area contributed by atoms with Gasteiger partial charge in [0.15, 0.2) is 0 Å². The number of ether oxygens (including phenoxy) is 1. The van der Waals surface area contributed by atoms with Crippen molar-refractivity contribution in [1.82, 2.24) is 9.55 Å². The third kappa shape index (κ3) is 3.09.